The molecule has 5 nitrogen and oxygen atoms in total. The largest absolute Gasteiger partial charge is 0.287 e. The van der Waals surface area contributed by atoms with Crippen molar-refractivity contribution in [3.8, 4) is 0 Å². The molecule has 0 N–H and O–H groups in total. The Kier molecular flexibility index (Phi) is 7.01. The van der Waals surface area contributed by atoms with Gasteiger partial charge in [0.2, 0.25) is 0 Å². The topological polar surface area (TPSA) is 82.9 Å². The van der Waals surface area contributed by atoms with E-state index in [9.17, 15) is 18.4 Å². The molecule has 1 amide bonds. The monoisotopic (exact) mass is 327 g/mol. The lowest BCUT2D eigenvalue weighted by Crippen LogP contribution is -2.02. The highest BCUT2D eigenvalue weighted by Gasteiger charge is 2.17. The van der Waals surface area contributed by atoms with Gasteiger partial charge in [-0.3, -0.25) is 9.59 Å². The fraction of sp³-hybridized carbons (Fsp3) is 0.429. The smallest absolute Gasteiger partial charge is 0.252 e. The Morgan fingerprint density at radius 1 is 1.32 bits per heavy atom. The van der Waals surface area contributed by atoms with E-state index in [4.69, 9.17) is 5.53 Å². The van der Waals surface area contributed by atoms with Crippen LogP contribution >= 0.6 is 11.8 Å². The Balaban J connectivity index is 2.86. The number of thioether (sulfide) groups is 1. The standard InChI is InChI=1S/C14H15F2N3O2S/c1-8(2)4-3-5-13(20)22-12-6-9(14(21)18-19-17)10(15)7-11(12)16/h6-8H,3-5H2,1-2H3. The van der Waals surface area contributed by atoms with Gasteiger partial charge in [-0.25, -0.2) is 8.78 Å². The molecular weight excluding hydrogens is 312 g/mol. The molecule has 22 heavy (non-hydrogen) atoms. The quantitative estimate of drug-likeness (QED) is 0.324. The summed E-state index contributed by atoms with van der Waals surface area (Å²) in [6.45, 7) is 4.07. The summed E-state index contributed by atoms with van der Waals surface area (Å²) in [6, 6.07) is 1.40. The van der Waals surface area contributed by atoms with Crippen LogP contribution in [0.1, 0.15) is 43.5 Å². The maximum atomic E-state index is 13.7. The van der Waals surface area contributed by atoms with Gasteiger partial charge in [-0.15, -0.1) is 0 Å². The lowest BCUT2D eigenvalue weighted by Gasteiger charge is -2.06. The predicted octanol–water partition coefficient (Wildman–Crippen LogP) is 4.86. The molecule has 1 aromatic carbocycles. The van der Waals surface area contributed by atoms with Crippen LogP contribution in [0.4, 0.5) is 8.78 Å². The summed E-state index contributed by atoms with van der Waals surface area (Å²) in [5, 5.41) is 2.49. The van der Waals surface area contributed by atoms with E-state index in [2.05, 4.69) is 10.0 Å². The van der Waals surface area contributed by atoms with E-state index in [0.29, 0.717) is 30.2 Å². The van der Waals surface area contributed by atoms with Crippen LogP contribution in [0, 0.1) is 17.6 Å². The van der Waals surface area contributed by atoms with Gasteiger partial charge in [-0.05, 0) is 40.8 Å². The molecule has 1 rings (SSSR count). The van der Waals surface area contributed by atoms with E-state index >= 15 is 0 Å². The number of nitrogens with zero attached hydrogens (tertiary/aromatic N) is 3. The third kappa shape index (κ3) is 5.46. The van der Waals surface area contributed by atoms with E-state index in [1.165, 1.54) is 0 Å². The number of halogens is 2. The minimum Gasteiger partial charge on any atom is -0.287 e. The van der Waals surface area contributed by atoms with Crippen LogP contribution in [0.15, 0.2) is 22.1 Å². The summed E-state index contributed by atoms with van der Waals surface area (Å²) in [5.41, 5.74) is 7.62. The van der Waals surface area contributed by atoms with Crippen LogP contribution < -0.4 is 0 Å². The van der Waals surface area contributed by atoms with Gasteiger partial charge in [-0.1, -0.05) is 20.3 Å². The van der Waals surface area contributed by atoms with Crippen molar-refractivity contribution in [2.24, 2.45) is 11.0 Å². The molecule has 0 aromatic heterocycles. The number of carbonyl (C=O) groups excluding carboxylic acids is 2. The molecular formula is C14H15F2N3O2S. The van der Waals surface area contributed by atoms with Crippen molar-refractivity contribution in [3.05, 3.63) is 39.8 Å². The third-order valence-corrected chi connectivity index (χ3v) is 3.74. The maximum absolute atomic E-state index is 13.7. The number of hydrogen-bond acceptors (Lipinski definition) is 3. The second-order valence-corrected chi connectivity index (χ2v) is 6.12. The molecule has 0 aliphatic carbocycles. The van der Waals surface area contributed by atoms with Gasteiger partial charge < -0.3 is 0 Å². The second-order valence-electron chi connectivity index (χ2n) is 5.02. The second kappa shape index (κ2) is 8.51. The van der Waals surface area contributed by atoms with Crippen molar-refractivity contribution in [3.63, 3.8) is 0 Å². The van der Waals surface area contributed by atoms with Gasteiger partial charge in [0, 0.05) is 17.4 Å². The first-order valence-electron chi connectivity index (χ1n) is 6.64. The molecule has 118 valence electrons. The molecule has 0 heterocycles. The average molecular weight is 327 g/mol. The zero-order valence-corrected chi connectivity index (χ0v) is 13.0. The number of azide groups is 1. The molecule has 0 spiro atoms. The Morgan fingerprint density at radius 3 is 2.59 bits per heavy atom. The zero-order chi connectivity index (χ0) is 16.7. The Labute approximate surface area is 130 Å². The van der Waals surface area contributed by atoms with Crippen LogP contribution in [0.25, 0.3) is 10.4 Å². The molecule has 0 saturated heterocycles. The third-order valence-electron chi connectivity index (χ3n) is 2.77. The SMILES string of the molecule is CC(C)CCCC(=O)Sc1cc(C(=O)N=[N+]=[N-])c(F)cc1F. The van der Waals surface area contributed by atoms with Crippen molar-refractivity contribution in [1.82, 2.24) is 0 Å². The van der Waals surface area contributed by atoms with Crippen LogP contribution in [-0.4, -0.2) is 11.0 Å². The highest BCUT2D eigenvalue weighted by Crippen LogP contribution is 2.27. The Hall–Kier alpha value is -1.92. The fourth-order valence-electron chi connectivity index (χ4n) is 1.69. The summed E-state index contributed by atoms with van der Waals surface area (Å²) in [5.74, 6) is -2.76. The van der Waals surface area contributed by atoms with Crippen molar-refractivity contribution < 1.29 is 18.4 Å². The number of carbonyl (C=O) groups is 2. The number of amides is 1. The highest BCUT2D eigenvalue weighted by molar-refractivity contribution is 8.13. The minimum atomic E-state index is -1.16. The van der Waals surface area contributed by atoms with E-state index in [0.717, 1.165) is 12.5 Å². The number of benzene rings is 1. The lowest BCUT2D eigenvalue weighted by atomic mass is 10.1. The summed E-state index contributed by atoms with van der Waals surface area (Å²) in [7, 11) is 0. The average Bonchev–Trinajstić information content (AvgIpc) is 2.41. The summed E-state index contributed by atoms with van der Waals surface area (Å²) < 4.78 is 27.2. The molecule has 8 heteroatoms. The van der Waals surface area contributed by atoms with Crippen molar-refractivity contribution in [2.45, 2.75) is 38.0 Å². The number of hydrogen-bond donors (Lipinski definition) is 0. The van der Waals surface area contributed by atoms with Crippen molar-refractivity contribution in [2.75, 3.05) is 0 Å². The number of rotatable bonds is 6. The van der Waals surface area contributed by atoms with Crippen molar-refractivity contribution in [1.29, 1.82) is 0 Å². The van der Waals surface area contributed by atoms with E-state index < -0.39 is 23.1 Å². The zero-order valence-electron chi connectivity index (χ0n) is 12.2. The first kappa shape index (κ1) is 18.1. The lowest BCUT2D eigenvalue weighted by molar-refractivity contribution is -0.111. The molecule has 0 aliphatic rings. The predicted molar refractivity (Wildman–Crippen MR) is 79.4 cm³/mol. The first-order valence-corrected chi connectivity index (χ1v) is 7.46. The Bertz CT molecular complexity index is 629. The molecule has 0 atom stereocenters. The van der Waals surface area contributed by atoms with Gasteiger partial charge in [0.15, 0.2) is 5.12 Å². The molecule has 0 saturated carbocycles. The van der Waals surface area contributed by atoms with Gasteiger partial charge in [0.1, 0.15) is 11.6 Å². The normalized spacial score (nSPS) is 10.4. The molecule has 0 unspecified atom stereocenters. The van der Waals surface area contributed by atoms with Crippen LogP contribution in [-0.2, 0) is 4.79 Å². The molecule has 0 fully saturated rings. The Morgan fingerprint density at radius 2 is 2.00 bits per heavy atom. The summed E-state index contributed by atoms with van der Waals surface area (Å²) in [4.78, 5) is 25.3. The van der Waals surface area contributed by atoms with E-state index in [1.54, 1.807) is 0 Å². The van der Waals surface area contributed by atoms with Crippen molar-refractivity contribution >= 4 is 22.8 Å². The maximum Gasteiger partial charge on any atom is 0.252 e. The van der Waals surface area contributed by atoms with Gasteiger partial charge in [0.05, 0.1) is 10.5 Å². The van der Waals surface area contributed by atoms with Crippen LogP contribution in [0.2, 0.25) is 0 Å². The van der Waals surface area contributed by atoms with Crippen LogP contribution in [0.5, 0.6) is 0 Å². The van der Waals surface area contributed by atoms with E-state index in [1.807, 2.05) is 13.8 Å². The summed E-state index contributed by atoms with van der Waals surface area (Å²) >= 11 is 0.613. The van der Waals surface area contributed by atoms with Gasteiger partial charge in [-0.2, -0.15) is 0 Å². The van der Waals surface area contributed by atoms with Gasteiger partial charge in [0.25, 0.3) is 5.91 Å². The molecule has 0 bridgehead atoms. The molecule has 0 aliphatic heterocycles. The molecule has 0 radical (unpaired) electrons. The highest BCUT2D eigenvalue weighted by atomic mass is 32.2. The van der Waals surface area contributed by atoms with Gasteiger partial charge >= 0.3 is 0 Å². The van der Waals surface area contributed by atoms with E-state index in [-0.39, 0.29) is 16.4 Å². The first-order chi connectivity index (χ1) is 10.3. The minimum absolute atomic E-state index is 0.160. The van der Waals surface area contributed by atoms with Crippen LogP contribution in [0.3, 0.4) is 0 Å². The molecule has 1 aromatic rings. The fourth-order valence-corrected chi connectivity index (χ4v) is 2.52. The summed E-state index contributed by atoms with van der Waals surface area (Å²) in [6.07, 6.45) is 1.81.